The summed E-state index contributed by atoms with van der Waals surface area (Å²) in [7, 11) is 0. The van der Waals surface area contributed by atoms with Crippen molar-refractivity contribution in [2.75, 3.05) is 26.2 Å². The SMILES string of the molecule is O=C(/C=C/c1ccccc1F)N1CCC([C@@]2(c3ccccn3)NC(=O)N(C[C@@H]3CCCO3)C2=O)CC1. The molecule has 3 fully saturated rings. The molecule has 1 aromatic heterocycles. The number of imide groups is 1. The molecule has 3 saturated heterocycles. The van der Waals surface area contributed by atoms with Crippen LogP contribution in [0.4, 0.5) is 9.18 Å². The molecule has 1 N–H and O–H groups in total. The van der Waals surface area contributed by atoms with E-state index in [1.165, 1.54) is 23.1 Å². The minimum absolute atomic E-state index is 0.153. The molecular weight excluding hydrogens is 463 g/mol. The first-order chi connectivity index (χ1) is 17.5. The van der Waals surface area contributed by atoms with Gasteiger partial charge in [-0.05, 0) is 50.0 Å². The van der Waals surface area contributed by atoms with E-state index in [1.54, 1.807) is 47.5 Å². The van der Waals surface area contributed by atoms with Gasteiger partial charge in [-0.15, -0.1) is 0 Å². The first-order valence-electron chi connectivity index (χ1n) is 12.4. The van der Waals surface area contributed by atoms with Gasteiger partial charge in [-0.25, -0.2) is 9.18 Å². The van der Waals surface area contributed by atoms with Crippen LogP contribution in [0.1, 0.15) is 36.9 Å². The normalized spacial score (nSPS) is 25.1. The molecule has 0 spiro atoms. The molecule has 5 rings (SSSR count). The molecule has 36 heavy (non-hydrogen) atoms. The molecule has 4 heterocycles. The monoisotopic (exact) mass is 492 g/mol. The Labute approximate surface area is 209 Å². The van der Waals surface area contributed by atoms with E-state index in [2.05, 4.69) is 10.3 Å². The van der Waals surface area contributed by atoms with Crippen LogP contribution < -0.4 is 5.32 Å². The number of nitrogens with zero attached hydrogens (tertiary/aromatic N) is 3. The summed E-state index contributed by atoms with van der Waals surface area (Å²) in [6, 6.07) is 11.2. The van der Waals surface area contributed by atoms with E-state index in [-0.39, 0.29) is 36.2 Å². The Morgan fingerprint density at radius 2 is 1.92 bits per heavy atom. The molecule has 9 heteroatoms. The van der Waals surface area contributed by atoms with Crippen LogP contribution in [0.5, 0.6) is 0 Å². The molecule has 1 aromatic carbocycles. The van der Waals surface area contributed by atoms with Gasteiger partial charge >= 0.3 is 6.03 Å². The second-order valence-corrected chi connectivity index (χ2v) is 9.46. The first-order valence-corrected chi connectivity index (χ1v) is 12.4. The highest BCUT2D eigenvalue weighted by Crippen LogP contribution is 2.41. The summed E-state index contributed by atoms with van der Waals surface area (Å²) in [6.07, 6.45) is 7.06. The molecular formula is C27H29FN4O4. The van der Waals surface area contributed by atoms with Gasteiger partial charge in [0.05, 0.1) is 18.3 Å². The van der Waals surface area contributed by atoms with Gasteiger partial charge in [0.15, 0.2) is 5.54 Å². The number of urea groups is 1. The topological polar surface area (TPSA) is 91.8 Å². The first kappa shape index (κ1) is 24.1. The number of likely N-dealkylation sites (tertiary alicyclic amines) is 1. The fourth-order valence-electron chi connectivity index (χ4n) is 5.42. The summed E-state index contributed by atoms with van der Waals surface area (Å²) >= 11 is 0. The van der Waals surface area contributed by atoms with E-state index >= 15 is 0 Å². The summed E-state index contributed by atoms with van der Waals surface area (Å²) in [5, 5.41) is 2.98. The van der Waals surface area contributed by atoms with Gasteiger partial charge in [-0.2, -0.15) is 0 Å². The number of amides is 4. The third-order valence-corrected chi connectivity index (χ3v) is 7.34. The van der Waals surface area contributed by atoms with Crippen molar-refractivity contribution in [2.24, 2.45) is 5.92 Å². The lowest BCUT2D eigenvalue weighted by Crippen LogP contribution is -2.54. The van der Waals surface area contributed by atoms with Crippen LogP contribution in [-0.4, -0.2) is 65.0 Å². The molecule has 2 atom stereocenters. The second-order valence-electron chi connectivity index (χ2n) is 9.46. The number of carbonyl (C=O) groups is 3. The van der Waals surface area contributed by atoms with Gasteiger partial charge in [0.25, 0.3) is 5.91 Å². The summed E-state index contributed by atoms with van der Waals surface area (Å²) in [6.45, 7) is 1.68. The lowest BCUT2D eigenvalue weighted by Gasteiger charge is -2.40. The van der Waals surface area contributed by atoms with Crippen LogP contribution in [-0.2, 0) is 19.9 Å². The van der Waals surface area contributed by atoms with Gasteiger partial charge in [0.1, 0.15) is 5.82 Å². The van der Waals surface area contributed by atoms with E-state index in [0.717, 1.165) is 12.8 Å². The van der Waals surface area contributed by atoms with E-state index in [9.17, 15) is 18.8 Å². The molecule has 0 saturated carbocycles. The summed E-state index contributed by atoms with van der Waals surface area (Å²) in [5.41, 5.74) is -0.433. The molecule has 4 amide bonds. The van der Waals surface area contributed by atoms with Crippen molar-refractivity contribution in [3.05, 3.63) is 71.8 Å². The van der Waals surface area contributed by atoms with Crippen molar-refractivity contribution in [3.63, 3.8) is 0 Å². The van der Waals surface area contributed by atoms with E-state index in [0.29, 0.717) is 43.8 Å². The number of benzene rings is 1. The predicted octanol–water partition coefficient (Wildman–Crippen LogP) is 3.10. The fraction of sp³-hybridized carbons (Fsp3) is 0.407. The zero-order chi connectivity index (χ0) is 25.1. The average molecular weight is 493 g/mol. The van der Waals surface area contributed by atoms with Crippen molar-refractivity contribution in [1.29, 1.82) is 0 Å². The molecule has 188 valence electrons. The second kappa shape index (κ2) is 10.2. The van der Waals surface area contributed by atoms with Crippen molar-refractivity contribution < 1.29 is 23.5 Å². The van der Waals surface area contributed by atoms with Crippen molar-refractivity contribution in [3.8, 4) is 0 Å². The summed E-state index contributed by atoms with van der Waals surface area (Å²) in [4.78, 5) is 47.1. The summed E-state index contributed by atoms with van der Waals surface area (Å²) < 4.78 is 19.5. The Hall–Kier alpha value is -3.59. The number of nitrogens with one attached hydrogen (secondary N) is 1. The highest BCUT2D eigenvalue weighted by Gasteiger charge is 2.58. The molecule has 3 aliphatic heterocycles. The highest BCUT2D eigenvalue weighted by molar-refractivity contribution is 6.07. The fourth-order valence-corrected chi connectivity index (χ4v) is 5.42. The van der Waals surface area contributed by atoms with E-state index < -0.39 is 11.6 Å². The molecule has 0 unspecified atom stereocenters. The Kier molecular flexibility index (Phi) is 6.82. The third kappa shape index (κ3) is 4.51. The number of rotatable bonds is 6. The minimum Gasteiger partial charge on any atom is -0.376 e. The van der Waals surface area contributed by atoms with Crippen molar-refractivity contribution in [1.82, 2.24) is 20.1 Å². The standard InChI is InChI=1S/C27H29FN4O4/c28-22-8-2-1-6-19(22)10-11-24(33)31-15-12-20(13-16-31)27(23-9-3-4-14-29-23)25(34)32(26(35)30-27)18-21-7-5-17-36-21/h1-4,6,8-11,14,20-21H,5,7,12-13,15-18H2,(H,30,35)/b11-10+/t21-,27-/m0/s1. The highest BCUT2D eigenvalue weighted by atomic mass is 19.1. The molecule has 0 radical (unpaired) electrons. The third-order valence-electron chi connectivity index (χ3n) is 7.34. The minimum atomic E-state index is -1.28. The van der Waals surface area contributed by atoms with Gasteiger partial charge in [0.2, 0.25) is 5.91 Å². The molecule has 2 aromatic rings. The largest absolute Gasteiger partial charge is 0.376 e. The van der Waals surface area contributed by atoms with Crippen LogP contribution in [0.3, 0.4) is 0 Å². The van der Waals surface area contributed by atoms with Crippen LogP contribution in [0.15, 0.2) is 54.7 Å². The van der Waals surface area contributed by atoms with Crippen LogP contribution in [0, 0.1) is 11.7 Å². The molecule has 3 aliphatic rings. The lowest BCUT2D eigenvalue weighted by molar-refractivity contribution is -0.136. The number of hydrogen-bond donors (Lipinski definition) is 1. The number of piperidine rings is 1. The maximum absolute atomic E-state index is 13.9. The van der Waals surface area contributed by atoms with Crippen LogP contribution in [0.25, 0.3) is 6.08 Å². The van der Waals surface area contributed by atoms with Crippen LogP contribution in [0.2, 0.25) is 0 Å². The lowest BCUT2D eigenvalue weighted by atomic mass is 9.75. The van der Waals surface area contributed by atoms with E-state index in [1.807, 2.05) is 0 Å². The number of hydrogen-bond acceptors (Lipinski definition) is 5. The Balaban J connectivity index is 1.33. The molecule has 0 aliphatic carbocycles. The van der Waals surface area contributed by atoms with E-state index in [4.69, 9.17) is 4.74 Å². The number of carbonyl (C=O) groups excluding carboxylic acids is 3. The van der Waals surface area contributed by atoms with Gasteiger partial charge in [-0.1, -0.05) is 24.3 Å². The smallest absolute Gasteiger partial charge is 0.325 e. The quantitative estimate of drug-likeness (QED) is 0.494. The number of pyridine rings is 1. The molecule has 0 bridgehead atoms. The number of halogens is 1. The Morgan fingerprint density at radius 1 is 1.14 bits per heavy atom. The van der Waals surface area contributed by atoms with Crippen molar-refractivity contribution >= 4 is 23.9 Å². The van der Waals surface area contributed by atoms with Gasteiger partial charge in [0, 0.05) is 43.5 Å². The molecule has 8 nitrogen and oxygen atoms in total. The Morgan fingerprint density at radius 3 is 2.61 bits per heavy atom. The Bertz CT molecular complexity index is 1160. The average Bonchev–Trinajstić information content (AvgIpc) is 3.51. The number of ether oxygens (including phenoxy) is 1. The number of aromatic nitrogens is 1. The predicted molar refractivity (Wildman–Crippen MR) is 130 cm³/mol. The van der Waals surface area contributed by atoms with Crippen molar-refractivity contribution in [2.45, 2.75) is 37.3 Å². The maximum Gasteiger partial charge on any atom is 0.325 e. The van der Waals surface area contributed by atoms with Crippen LogP contribution >= 0.6 is 0 Å². The van der Waals surface area contributed by atoms with Gasteiger partial charge in [-0.3, -0.25) is 19.5 Å². The van der Waals surface area contributed by atoms with Gasteiger partial charge < -0.3 is 15.0 Å². The maximum atomic E-state index is 13.9. The summed E-state index contributed by atoms with van der Waals surface area (Å²) in [5.74, 6) is -1.16. The zero-order valence-electron chi connectivity index (χ0n) is 19.9. The zero-order valence-corrected chi connectivity index (χ0v) is 19.9.